The molecule has 6 heteroatoms. The highest BCUT2D eigenvalue weighted by Crippen LogP contribution is 2.41. The third-order valence-electron chi connectivity index (χ3n) is 5.55. The predicted octanol–water partition coefficient (Wildman–Crippen LogP) is 2.82. The number of ether oxygens (including phenoxy) is 1. The van der Waals surface area contributed by atoms with Crippen LogP contribution < -0.4 is 15.6 Å². The Kier molecular flexibility index (Phi) is 5.36. The number of aliphatic carboxylic acids is 1. The predicted molar refractivity (Wildman–Crippen MR) is 101 cm³/mol. The van der Waals surface area contributed by atoms with Gasteiger partial charge in [0.2, 0.25) is 0 Å². The Morgan fingerprint density at radius 1 is 1.19 bits per heavy atom. The average molecular weight is 367 g/mol. The van der Waals surface area contributed by atoms with Crippen LogP contribution in [0.5, 0.6) is 5.75 Å². The molecule has 0 spiro atoms. The van der Waals surface area contributed by atoms with Crippen LogP contribution in [0.2, 0.25) is 0 Å². The van der Waals surface area contributed by atoms with E-state index in [2.05, 4.69) is 40.1 Å². The van der Waals surface area contributed by atoms with Crippen LogP contribution in [0.1, 0.15) is 48.0 Å². The molecule has 1 saturated carbocycles. The van der Waals surface area contributed by atoms with Gasteiger partial charge in [-0.3, -0.25) is 15.2 Å². The van der Waals surface area contributed by atoms with Crippen LogP contribution in [-0.2, 0) is 11.2 Å². The Morgan fingerprint density at radius 2 is 2.00 bits per heavy atom. The van der Waals surface area contributed by atoms with Crippen molar-refractivity contribution < 1.29 is 14.6 Å². The molecule has 2 aromatic rings. The molecule has 1 aromatic carbocycles. The molecule has 2 heterocycles. The third-order valence-corrected chi connectivity index (χ3v) is 5.55. The van der Waals surface area contributed by atoms with Gasteiger partial charge in [0.25, 0.3) is 0 Å². The number of carboxylic acid groups (broad SMARTS) is 1. The zero-order chi connectivity index (χ0) is 18.6. The first-order valence-electron chi connectivity index (χ1n) is 9.58. The summed E-state index contributed by atoms with van der Waals surface area (Å²) in [4.78, 5) is 15.4. The number of hydrogen-bond acceptors (Lipinski definition) is 5. The highest BCUT2D eigenvalue weighted by Gasteiger charge is 2.35. The number of aromatic nitrogens is 1. The molecule has 1 saturated heterocycles. The molecular formula is C21H25N3O3. The standard InChI is InChI=1S/C21H25N3O3/c25-21(26)17-11-16(12-17)15-3-1-14(2-4-15)8-10-27-18-5-6-19(22-13-18)20-7-9-23-24-20/h1-6,13,16-17,20,23-24H,7-12H2,(H,25,26). The fraction of sp³-hybridized carbons (Fsp3) is 0.429. The van der Waals surface area contributed by atoms with Gasteiger partial charge in [0.1, 0.15) is 5.75 Å². The zero-order valence-electron chi connectivity index (χ0n) is 15.2. The summed E-state index contributed by atoms with van der Waals surface area (Å²) in [6.45, 7) is 1.57. The van der Waals surface area contributed by atoms with Gasteiger partial charge in [0.15, 0.2) is 0 Å². The summed E-state index contributed by atoms with van der Waals surface area (Å²) in [5, 5.41) is 8.98. The Bertz CT molecular complexity index is 764. The lowest BCUT2D eigenvalue weighted by Crippen LogP contribution is -2.28. The second-order valence-corrected chi connectivity index (χ2v) is 7.37. The molecule has 1 aliphatic carbocycles. The van der Waals surface area contributed by atoms with E-state index in [9.17, 15) is 4.79 Å². The van der Waals surface area contributed by atoms with Crippen LogP contribution in [0, 0.1) is 5.92 Å². The number of rotatable bonds is 7. The van der Waals surface area contributed by atoms with Gasteiger partial charge in [-0.2, -0.15) is 0 Å². The summed E-state index contributed by atoms with van der Waals surface area (Å²) in [6, 6.07) is 12.7. The first kappa shape index (κ1) is 17.9. The molecule has 1 aromatic heterocycles. The fourth-order valence-corrected chi connectivity index (χ4v) is 3.72. The van der Waals surface area contributed by atoms with E-state index in [4.69, 9.17) is 9.84 Å². The van der Waals surface area contributed by atoms with Gasteiger partial charge >= 0.3 is 5.97 Å². The van der Waals surface area contributed by atoms with Crippen LogP contribution in [0.25, 0.3) is 0 Å². The summed E-state index contributed by atoms with van der Waals surface area (Å²) in [5.41, 5.74) is 9.81. The molecule has 0 bridgehead atoms. The molecular weight excluding hydrogens is 342 g/mol. The summed E-state index contributed by atoms with van der Waals surface area (Å²) >= 11 is 0. The molecule has 3 N–H and O–H groups in total. The average Bonchev–Trinajstić information content (AvgIpc) is 3.17. The summed E-state index contributed by atoms with van der Waals surface area (Å²) in [6.07, 6.45) is 5.17. The van der Waals surface area contributed by atoms with Gasteiger partial charge in [-0.1, -0.05) is 24.3 Å². The van der Waals surface area contributed by atoms with E-state index in [1.54, 1.807) is 6.20 Å². The Hall–Kier alpha value is -2.44. The van der Waals surface area contributed by atoms with Crippen molar-refractivity contribution in [2.75, 3.05) is 13.2 Å². The van der Waals surface area contributed by atoms with Crippen LogP contribution in [0.4, 0.5) is 0 Å². The van der Waals surface area contributed by atoms with E-state index in [1.807, 2.05) is 12.1 Å². The molecule has 142 valence electrons. The minimum atomic E-state index is -0.668. The molecule has 0 amide bonds. The van der Waals surface area contributed by atoms with Crippen LogP contribution in [0.3, 0.4) is 0 Å². The molecule has 1 atom stereocenters. The number of carboxylic acids is 1. The number of pyridine rings is 1. The van der Waals surface area contributed by atoms with Crippen LogP contribution in [0.15, 0.2) is 42.6 Å². The Balaban J connectivity index is 1.23. The van der Waals surface area contributed by atoms with Crippen LogP contribution >= 0.6 is 0 Å². The number of hydrazine groups is 1. The minimum absolute atomic E-state index is 0.163. The molecule has 0 radical (unpaired) electrons. The zero-order valence-corrected chi connectivity index (χ0v) is 15.2. The van der Waals surface area contributed by atoms with E-state index in [0.717, 1.165) is 43.7 Å². The van der Waals surface area contributed by atoms with Crippen LogP contribution in [-0.4, -0.2) is 29.2 Å². The Labute approximate surface area is 158 Å². The maximum absolute atomic E-state index is 10.9. The largest absolute Gasteiger partial charge is 0.492 e. The number of benzene rings is 1. The molecule has 4 rings (SSSR count). The SMILES string of the molecule is O=C(O)C1CC(c2ccc(CCOc3ccc(C4CCNN4)nc3)cc2)C1. The van der Waals surface area contributed by atoms with Crippen molar-refractivity contribution in [1.82, 2.24) is 15.8 Å². The molecule has 27 heavy (non-hydrogen) atoms. The Morgan fingerprint density at radius 3 is 2.63 bits per heavy atom. The lowest BCUT2D eigenvalue weighted by Gasteiger charge is -2.32. The summed E-state index contributed by atoms with van der Waals surface area (Å²) in [5.74, 6) is 0.351. The monoisotopic (exact) mass is 367 g/mol. The van der Waals surface area contributed by atoms with E-state index < -0.39 is 5.97 Å². The van der Waals surface area contributed by atoms with Gasteiger partial charge < -0.3 is 9.84 Å². The van der Waals surface area contributed by atoms with Gasteiger partial charge in [0, 0.05) is 13.0 Å². The van der Waals surface area contributed by atoms with Crippen molar-refractivity contribution in [1.29, 1.82) is 0 Å². The molecule has 2 aliphatic rings. The number of hydrogen-bond donors (Lipinski definition) is 3. The molecule has 1 aliphatic heterocycles. The second kappa shape index (κ2) is 8.06. The number of nitrogens with one attached hydrogen (secondary N) is 2. The fourth-order valence-electron chi connectivity index (χ4n) is 3.72. The van der Waals surface area contributed by atoms with E-state index >= 15 is 0 Å². The van der Waals surface area contributed by atoms with Gasteiger partial charge in [-0.25, -0.2) is 5.43 Å². The quantitative estimate of drug-likeness (QED) is 0.698. The maximum atomic E-state index is 10.9. The molecule has 6 nitrogen and oxygen atoms in total. The summed E-state index contributed by atoms with van der Waals surface area (Å²) < 4.78 is 5.81. The van der Waals surface area contributed by atoms with Crippen molar-refractivity contribution in [2.24, 2.45) is 5.92 Å². The lowest BCUT2D eigenvalue weighted by atomic mass is 9.71. The van der Waals surface area contributed by atoms with Gasteiger partial charge in [-0.05, 0) is 48.4 Å². The lowest BCUT2D eigenvalue weighted by molar-refractivity contribution is -0.145. The summed E-state index contributed by atoms with van der Waals surface area (Å²) in [7, 11) is 0. The molecule has 2 fully saturated rings. The highest BCUT2D eigenvalue weighted by atomic mass is 16.5. The van der Waals surface area contributed by atoms with Crippen molar-refractivity contribution in [3.05, 3.63) is 59.4 Å². The van der Waals surface area contributed by atoms with Crippen molar-refractivity contribution >= 4 is 5.97 Å². The second-order valence-electron chi connectivity index (χ2n) is 7.37. The smallest absolute Gasteiger partial charge is 0.306 e. The minimum Gasteiger partial charge on any atom is -0.492 e. The number of nitrogens with zero attached hydrogens (tertiary/aromatic N) is 1. The topological polar surface area (TPSA) is 83.5 Å². The van der Waals surface area contributed by atoms with E-state index in [-0.39, 0.29) is 12.0 Å². The first-order chi connectivity index (χ1) is 13.2. The highest BCUT2D eigenvalue weighted by molar-refractivity contribution is 5.71. The number of carbonyl (C=O) groups is 1. The first-order valence-corrected chi connectivity index (χ1v) is 9.58. The van der Waals surface area contributed by atoms with Crippen molar-refractivity contribution in [3.8, 4) is 5.75 Å². The third kappa shape index (κ3) is 4.28. The normalized spacial score (nSPS) is 24.4. The van der Waals surface area contributed by atoms with Gasteiger partial charge in [-0.15, -0.1) is 0 Å². The van der Waals surface area contributed by atoms with Crippen molar-refractivity contribution in [2.45, 2.75) is 37.6 Å². The van der Waals surface area contributed by atoms with Crippen molar-refractivity contribution in [3.63, 3.8) is 0 Å². The van der Waals surface area contributed by atoms with E-state index in [1.165, 1.54) is 11.1 Å². The maximum Gasteiger partial charge on any atom is 0.306 e. The molecule has 1 unspecified atom stereocenters. The van der Waals surface area contributed by atoms with Gasteiger partial charge in [0.05, 0.1) is 30.5 Å². The van der Waals surface area contributed by atoms with E-state index in [0.29, 0.717) is 12.5 Å².